The van der Waals surface area contributed by atoms with E-state index in [4.69, 9.17) is 0 Å². The van der Waals surface area contributed by atoms with Crippen molar-refractivity contribution >= 4 is 17.7 Å². The standard InChI is InChI=1S/C28H42N6O3/c1-21-9-12-24-23(8-6-15-30-24)11-10-22(21)7-4-5-17-34(19-27(35)33(2)3)18-14-25(28(36)37)32-26-13-16-29-20-31-26/h10-11,13,16,20,25,30H,4-9,12,14-15,17-19H2,1-3H3,(H,36,37)(H,29,31,32)/b11-10-,22-21+/t25-/m0/s1. The molecule has 0 saturated carbocycles. The van der Waals surface area contributed by atoms with Gasteiger partial charge in [0.2, 0.25) is 5.91 Å². The molecule has 1 aromatic heterocycles. The highest BCUT2D eigenvalue weighted by atomic mass is 16.4. The van der Waals surface area contributed by atoms with E-state index in [-0.39, 0.29) is 12.5 Å². The molecule has 0 spiro atoms. The smallest absolute Gasteiger partial charge is 0.326 e. The van der Waals surface area contributed by atoms with Crippen molar-refractivity contribution in [3.8, 4) is 0 Å². The van der Waals surface area contributed by atoms with E-state index < -0.39 is 12.0 Å². The lowest BCUT2D eigenvalue weighted by Crippen LogP contribution is -2.40. The van der Waals surface area contributed by atoms with E-state index in [0.29, 0.717) is 18.8 Å². The number of hydrogen-bond acceptors (Lipinski definition) is 7. The maximum Gasteiger partial charge on any atom is 0.326 e. The van der Waals surface area contributed by atoms with Gasteiger partial charge in [-0.15, -0.1) is 0 Å². The number of carboxylic acid groups (broad SMARTS) is 1. The summed E-state index contributed by atoms with van der Waals surface area (Å²) >= 11 is 0. The molecule has 0 saturated heterocycles. The van der Waals surface area contributed by atoms with Crippen molar-refractivity contribution in [2.45, 2.75) is 64.3 Å². The second kappa shape index (κ2) is 14.5. The third kappa shape index (κ3) is 9.31. The molecule has 2 aliphatic rings. The third-order valence-corrected chi connectivity index (χ3v) is 7.10. The van der Waals surface area contributed by atoms with E-state index in [2.05, 4.69) is 44.6 Å². The Balaban J connectivity index is 1.54. The van der Waals surface area contributed by atoms with Crippen molar-refractivity contribution in [2.75, 3.05) is 45.6 Å². The predicted molar refractivity (Wildman–Crippen MR) is 146 cm³/mol. The molecule has 1 aliphatic heterocycles. The zero-order valence-corrected chi connectivity index (χ0v) is 22.5. The SMILES string of the molecule is C/C1=C(CCCCN(CC[C@H](Nc2ccncn2)C(=O)O)CC(=O)N(C)C)\C=C/C2=C(CC1)NCCC2. The first kappa shape index (κ1) is 28.4. The average molecular weight is 511 g/mol. The van der Waals surface area contributed by atoms with Gasteiger partial charge in [0, 0.05) is 39.1 Å². The van der Waals surface area contributed by atoms with Crippen molar-refractivity contribution in [3.63, 3.8) is 0 Å². The van der Waals surface area contributed by atoms with Gasteiger partial charge in [0.15, 0.2) is 0 Å². The van der Waals surface area contributed by atoms with E-state index in [0.717, 1.165) is 51.6 Å². The molecule has 0 unspecified atom stereocenters. The van der Waals surface area contributed by atoms with E-state index in [1.54, 1.807) is 31.3 Å². The summed E-state index contributed by atoms with van der Waals surface area (Å²) in [6.07, 6.45) is 15.4. The van der Waals surface area contributed by atoms with Crippen LogP contribution in [0.5, 0.6) is 0 Å². The number of nitrogens with zero attached hydrogens (tertiary/aromatic N) is 4. The summed E-state index contributed by atoms with van der Waals surface area (Å²) in [7, 11) is 3.49. The number of aliphatic carboxylic acids is 1. The summed E-state index contributed by atoms with van der Waals surface area (Å²) in [6.45, 7) is 4.85. The van der Waals surface area contributed by atoms with E-state index in [9.17, 15) is 14.7 Å². The Hall–Kier alpha value is -3.20. The number of carboxylic acids is 1. The Bertz CT molecular complexity index is 1000. The number of carbonyl (C=O) groups is 2. The number of amides is 1. The summed E-state index contributed by atoms with van der Waals surface area (Å²) in [6, 6.07) is 0.847. The summed E-state index contributed by atoms with van der Waals surface area (Å²) in [4.78, 5) is 35.9. The number of aromatic nitrogens is 2. The topological polar surface area (TPSA) is 111 Å². The fraction of sp³-hybridized carbons (Fsp3) is 0.571. The Morgan fingerprint density at radius 1 is 1.16 bits per heavy atom. The first-order valence-electron chi connectivity index (χ1n) is 13.3. The van der Waals surface area contributed by atoms with Crippen molar-refractivity contribution in [2.24, 2.45) is 0 Å². The molecule has 3 N–H and O–H groups in total. The van der Waals surface area contributed by atoms with E-state index in [1.807, 2.05) is 0 Å². The highest BCUT2D eigenvalue weighted by Crippen LogP contribution is 2.27. The number of rotatable bonds is 13. The van der Waals surface area contributed by atoms with Crippen molar-refractivity contribution in [1.29, 1.82) is 0 Å². The Labute approximate surface area is 220 Å². The van der Waals surface area contributed by atoms with Crippen LogP contribution in [-0.2, 0) is 9.59 Å². The maximum atomic E-state index is 12.4. The van der Waals surface area contributed by atoms with Gasteiger partial charge >= 0.3 is 5.97 Å². The van der Waals surface area contributed by atoms with Crippen LogP contribution in [0.25, 0.3) is 0 Å². The highest BCUT2D eigenvalue weighted by Gasteiger charge is 2.21. The van der Waals surface area contributed by atoms with Crippen LogP contribution in [0, 0.1) is 0 Å². The first-order valence-corrected chi connectivity index (χ1v) is 13.3. The number of unbranched alkanes of at least 4 members (excludes halogenated alkanes) is 1. The average Bonchev–Trinajstić information content (AvgIpc) is 2.88. The van der Waals surface area contributed by atoms with Gasteiger partial charge in [0.1, 0.15) is 18.2 Å². The molecule has 1 atom stereocenters. The molecule has 9 heteroatoms. The third-order valence-electron chi connectivity index (χ3n) is 7.10. The Morgan fingerprint density at radius 2 is 2.00 bits per heavy atom. The molecule has 9 nitrogen and oxygen atoms in total. The van der Waals surface area contributed by atoms with Crippen LogP contribution in [0.2, 0.25) is 0 Å². The van der Waals surface area contributed by atoms with E-state index in [1.165, 1.54) is 35.2 Å². The molecular weight excluding hydrogens is 468 g/mol. The Morgan fingerprint density at radius 3 is 2.73 bits per heavy atom. The molecule has 1 amide bonds. The monoisotopic (exact) mass is 510 g/mol. The number of carbonyl (C=O) groups excluding carboxylic acids is 1. The van der Waals surface area contributed by atoms with Crippen LogP contribution in [0.1, 0.15) is 58.3 Å². The van der Waals surface area contributed by atoms with Crippen LogP contribution >= 0.6 is 0 Å². The van der Waals surface area contributed by atoms with Gasteiger partial charge < -0.3 is 20.6 Å². The molecule has 2 heterocycles. The molecule has 0 aromatic carbocycles. The van der Waals surface area contributed by atoms with Crippen LogP contribution in [0.3, 0.4) is 0 Å². The van der Waals surface area contributed by atoms with Gasteiger partial charge in [0.25, 0.3) is 0 Å². The fourth-order valence-corrected chi connectivity index (χ4v) is 4.71. The summed E-state index contributed by atoms with van der Waals surface area (Å²) in [5, 5.41) is 16.2. The minimum absolute atomic E-state index is 0.0160. The molecular formula is C28H42N6O3. The van der Waals surface area contributed by atoms with Gasteiger partial charge in [-0.3, -0.25) is 9.69 Å². The lowest BCUT2D eigenvalue weighted by Gasteiger charge is -2.25. The van der Waals surface area contributed by atoms with E-state index >= 15 is 0 Å². The predicted octanol–water partition coefficient (Wildman–Crippen LogP) is 3.60. The number of hydrogen-bond donors (Lipinski definition) is 3. The second-order valence-corrected chi connectivity index (χ2v) is 10.1. The van der Waals surface area contributed by atoms with Crippen molar-refractivity contribution in [3.05, 3.63) is 53.2 Å². The van der Waals surface area contributed by atoms with Gasteiger partial charge in [0.05, 0.1) is 6.54 Å². The molecule has 0 radical (unpaired) electrons. The largest absolute Gasteiger partial charge is 0.480 e. The van der Waals surface area contributed by atoms with Crippen molar-refractivity contribution < 1.29 is 14.7 Å². The van der Waals surface area contributed by atoms with Gasteiger partial charge in [-0.05, 0) is 82.0 Å². The first-order chi connectivity index (χ1) is 17.8. The van der Waals surface area contributed by atoms with Crippen LogP contribution < -0.4 is 10.6 Å². The van der Waals surface area contributed by atoms with Gasteiger partial charge in [-0.1, -0.05) is 17.7 Å². The van der Waals surface area contributed by atoms with Gasteiger partial charge in [-0.2, -0.15) is 0 Å². The highest BCUT2D eigenvalue weighted by molar-refractivity contribution is 5.78. The van der Waals surface area contributed by atoms with Gasteiger partial charge in [-0.25, -0.2) is 14.8 Å². The van der Waals surface area contributed by atoms with Crippen LogP contribution in [0.15, 0.2) is 53.2 Å². The maximum absolute atomic E-state index is 12.4. The number of likely N-dealkylation sites (N-methyl/N-ethyl adjacent to an activating group) is 1. The molecule has 1 aromatic rings. The van der Waals surface area contributed by atoms with Crippen LogP contribution in [-0.4, -0.2) is 83.1 Å². The minimum atomic E-state index is -0.942. The minimum Gasteiger partial charge on any atom is -0.480 e. The molecule has 37 heavy (non-hydrogen) atoms. The zero-order chi connectivity index (χ0) is 26.6. The number of anilines is 1. The quantitative estimate of drug-likeness (QED) is 0.345. The zero-order valence-electron chi connectivity index (χ0n) is 22.5. The van der Waals surface area contributed by atoms with Crippen LogP contribution in [0.4, 0.5) is 5.82 Å². The molecule has 3 rings (SSSR count). The molecule has 0 fully saturated rings. The fourth-order valence-electron chi connectivity index (χ4n) is 4.71. The number of nitrogens with one attached hydrogen (secondary N) is 2. The lowest BCUT2D eigenvalue weighted by atomic mass is 9.91. The number of allylic oxidation sites excluding steroid dienone is 6. The summed E-state index contributed by atoms with van der Waals surface area (Å²) in [5.41, 5.74) is 5.74. The molecule has 0 bridgehead atoms. The normalized spacial score (nSPS) is 19.4. The lowest BCUT2D eigenvalue weighted by molar-refractivity contribution is -0.138. The van der Waals surface area contributed by atoms with Crippen molar-refractivity contribution in [1.82, 2.24) is 25.1 Å². The Kier molecular flexibility index (Phi) is 11.1. The molecule has 1 aliphatic carbocycles. The summed E-state index contributed by atoms with van der Waals surface area (Å²) < 4.78 is 0. The summed E-state index contributed by atoms with van der Waals surface area (Å²) in [5.74, 6) is -0.453. The second-order valence-electron chi connectivity index (χ2n) is 10.1. The molecule has 202 valence electrons.